The van der Waals surface area contributed by atoms with Gasteiger partial charge >= 0.3 is 0 Å². The third-order valence-electron chi connectivity index (χ3n) is 5.14. The second kappa shape index (κ2) is 8.10. The molecule has 29 heavy (non-hydrogen) atoms. The molecule has 0 saturated heterocycles. The number of thioether (sulfide) groups is 1. The summed E-state index contributed by atoms with van der Waals surface area (Å²) in [7, 11) is 0. The molecule has 2 aromatic carbocycles. The number of benzene rings is 2. The lowest BCUT2D eigenvalue weighted by Crippen LogP contribution is -2.11. The van der Waals surface area contributed by atoms with E-state index >= 15 is 4.39 Å². The van der Waals surface area contributed by atoms with Crippen molar-refractivity contribution >= 4 is 17.6 Å². The Bertz CT molecular complexity index is 1090. The molecule has 0 atom stereocenters. The molecule has 4 rings (SSSR count). The summed E-state index contributed by atoms with van der Waals surface area (Å²) in [6, 6.07) is 11.1. The van der Waals surface area contributed by atoms with Crippen LogP contribution in [0.15, 0.2) is 47.6 Å². The molecule has 1 heterocycles. The van der Waals surface area contributed by atoms with Crippen LogP contribution in [0.5, 0.6) is 11.5 Å². The molecule has 1 aromatic heterocycles. The lowest BCUT2D eigenvalue weighted by molar-refractivity contribution is 0.384. The highest BCUT2D eigenvalue weighted by atomic mass is 32.2. The van der Waals surface area contributed by atoms with E-state index in [0.29, 0.717) is 17.0 Å². The van der Waals surface area contributed by atoms with Gasteiger partial charge in [0.25, 0.3) is 0 Å². The summed E-state index contributed by atoms with van der Waals surface area (Å²) in [5.74, 6) is 0.502. The highest BCUT2D eigenvalue weighted by Crippen LogP contribution is 2.45. The summed E-state index contributed by atoms with van der Waals surface area (Å²) < 4.78 is 21.6. The van der Waals surface area contributed by atoms with Crippen molar-refractivity contribution in [3.05, 3.63) is 59.7 Å². The number of hydrogen-bond acceptors (Lipinski definition) is 6. The molecule has 146 valence electrons. The number of ether oxygens (including phenoxy) is 1. The second-order valence-corrected chi connectivity index (χ2v) is 7.76. The molecule has 1 saturated carbocycles. The SMILES string of the molecule is CSc1ccc(Oc2c(C3CCC3)ccc(-c3cnc(N)cn3)c2F)c(C#N)c1. The number of halogens is 1. The van der Waals surface area contributed by atoms with Gasteiger partial charge in [-0.1, -0.05) is 12.5 Å². The quantitative estimate of drug-likeness (QED) is 0.562. The lowest BCUT2D eigenvalue weighted by Gasteiger charge is -2.28. The Morgan fingerprint density at radius 1 is 1.21 bits per heavy atom. The van der Waals surface area contributed by atoms with Crippen LogP contribution in [0.1, 0.15) is 36.3 Å². The van der Waals surface area contributed by atoms with Crippen LogP contribution in [-0.4, -0.2) is 16.2 Å². The van der Waals surface area contributed by atoms with E-state index < -0.39 is 5.82 Å². The molecule has 1 fully saturated rings. The van der Waals surface area contributed by atoms with Gasteiger partial charge < -0.3 is 10.5 Å². The Morgan fingerprint density at radius 3 is 2.66 bits per heavy atom. The Hall–Kier alpha value is -3.11. The number of rotatable bonds is 5. The van der Waals surface area contributed by atoms with Crippen LogP contribution in [0.2, 0.25) is 0 Å². The van der Waals surface area contributed by atoms with E-state index in [1.54, 1.807) is 18.2 Å². The highest BCUT2D eigenvalue weighted by Gasteiger charge is 2.27. The molecule has 1 aliphatic carbocycles. The third kappa shape index (κ3) is 3.76. The van der Waals surface area contributed by atoms with E-state index in [9.17, 15) is 5.26 Å². The van der Waals surface area contributed by atoms with Gasteiger partial charge in [0.1, 0.15) is 17.6 Å². The summed E-state index contributed by atoms with van der Waals surface area (Å²) in [4.78, 5) is 9.13. The van der Waals surface area contributed by atoms with Crippen LogP contribution in [-0.2, 0) is 0 Å². The Kier molecular flexibility index (Phi) is 5.36. The van der Waals surface area contributed by atoms with Gasteiger partial charge in [-0.25, -0.2) is 9.37 Å². The minimum atomic E-state index is -0.508. The largest absolute Gasteiger partial charge is 0.453 e. The van der Waals surface area contributed by atoms with Gasteiger partial charge in [-0.2, -0.15) is 5.26 Å². The van der Waals surface area contributed by atoms with Gasteiger partial charge in [-0.05, 0) is 49.3 Å². The standard InChI is InChI=1S/C22H19FN4OS/c1-29-15-5-8-19(14(9-15)10-24)28-22-16(13-3-2-4-13)6-7-17(21(22)23)18-11-27-20(25)12-26-18/h5-9,11-13H,2-4H2,1H3,(H2,25,27). The summed E-state index contributed by atoms with van der Waals surface area (Å²) in [5.41, 5.74) is 7.44. The van der Waals surface area contributed by atoms with E-state index in [1.807, 2.05) is 18.4 Å². The van der Waals surface area contributed by atoms with Crippen LogP contribution < -0.4 is 10.5 Å². The molecule has 3 aromatic rings. The average molecular weight is 406 g/mol. The molecule has 0 aliphatic heterocycles. The molecule has 0 radical (unpaired) electrons. The van der Waals surface area contributed by atoms with Crippen molar-refractivity contribution in [2.45, 2.75) is 30.1 Å². The molecule has 0 unspecified atom stereocenters. The van der Waals surface area contributed by atoms with Gasteiger partial charge in [0.15, 0.2) is 11.6 Å². The van der Waals surface area contributed by atoms with Gasteiger partial charge in [0.2, 0.25) is 0 Å². The topological polar surface area (TPSA) is 84.8 Å². The van der Waals surface area contributed by atoms with Crippen molar-refractivity contribution in [2.75, 3.05) is 12.0 Å². The number of anilines is 1. The van der Waals surface area contributed by atoms with Gasteiger partial charge in [0.05, 0.1) is 23.7 Å². The molecule has 1 aliphatic rings. The average Bonchev–Trinajstić information content (AvgIpc) is 2.70. The summed E-state index contributed by atoms with van der Waals surface area (Å²) in [6.45, 7) is 0. The molecule has 5 nitrogen and oxygen atoms in total. The fourth-order valence-electron chi connectivity index (χ4n) is 3.31. The molecular weight excluding hydrogens is 387 g/mol. The third-order valence-corrected chi connectivity index (χ3v) is 5.86. The first-order chi connectivity index (χ1) is 14.1. The number of nitrogens with zero attached hydrogens (tertiary/aromatic N) is 3. The van der Waals surface area contributed by atoms with Crippen LogP contribution in [0, 0.1) is 17.1 Å². The van der Waals surface area contributed by atoms with Gasteiger partial charge in [0, 0.05) is 16.0 Å². The van der Waals surface area contributed by atoms with E-state index in [1.165, 1.54) is 24.2 Å². The van der Waals surface area contributed by atoms with E-state index in [2.05, 4.69) is 16.0 Å². The fraction of sp³-hybridized carbons (Fsp3) is 0.227. The Balaban J connectivity index is 1.81. The van der Waals surface area contributed by atoms with E-state index in [-0.39, 0.29) is 23.0 Å². The van der Waals surface area contributed by atoms with Crippen LogP contribution in [0.25, 0.3) is 11.3 Å². The summed E-state index contributed by atoms with van der Waals surface area (Å²) in [5, 5.41) is 9.52. The maximum atomic E-state index is 15.6. The number of hydrogen-bond donors (Lipinski definition) is 1. The molecule has 7 heteroatoms. The highest BCUT2D eigenvalue weighted by molar-refractivity contribution is 7.98. The zero-order chi connectivity index (χ0) is 20.4. The van der Waals surface area contributed by atoms with Crippen LogP contribution >= 0.6 is 11.8 Å². The predicted molar refractivity (Wildman–Crippen MR) is 111 cm³/mol. The first-order valence-corrected chi connectivity index (χ1v) is 10.5. The molecule has 2 N–H and O–H groups in total. The monoisotopic (exact) mass is 406 g/mol. The van der Waals surface area contributed by atoms with E-state index in [0.717, 1.165) is 29.7 Å². The summed E-state index contributed by atoms with van der Waals surface area (Å²) >= 11 is 1.53. The normalized spacial score (nSPS) is 13.6. The zero-order valence-electron chi connectivity index (χ0n) is 15.9. The first-order valence-electron chi connectivity index (χ1n) is 9.27. The Morgan fingerprint density at radius 2 is 2.03 bits per heavy atom. The van der Waals surface area contributed by atoms with Crippen LogP contribution in [0.4, 0.5) is 10.2 Å². The molecule has 0 spiro atoms. The number of aromatic nitrogens is 2. The van der Waals surface area contributed by atoms with Crippen molar-refractivity contribution in [3.63, 3.8) is 0 Å². The summed E-state index contributed by atoms with van der Waals surface area (Å²) in [6.07, 6.45) is 7.87. The van der Waals surface area contributed by atoms with Gasteiger partial charge in [-0.15, -0.1) is 11.8 Å². The maximum Gasteiger partial charge on any atom is 0.175 e. The molecule has 0 amide bonds. The van der Waals surface area contributed by atoms with Crippen molar-refractivity contribution < 1.29 is 9.13 Å². The minimum Gasteiger partial charge on any atom is -0.453 e. The predicted octanol–water partition coefficient (Wildman–Crippen LogP) is 5.52. The Labute approximate surface area is 172 Å². The second-order valence-electron chi connectivity index (χ2n) is 6.88. The van der Waals surface area contributed by atoms with Crippen molar-refractivity contribution in [2.24, 2.45) is 0 Å². The van der Waals surface area contributed by atoms with Crippen molar-refractivity contribution in [1.82, 2.24) is 9.97 Å². The molecule has 0 bridgehead atoms. The lowest BCUT2D eigenvalue weighted by atomic mass is 9.79. The number of nitrogen functional groups attached to an aromatic ring is 1. The first kappa shape index (κ1) is 19.2. The number of nitriles is 1. The van der Waals surface area contributed by atoms with Crippen molar-refractivity contribution in [3.8, 4) is 28.8 Å². The maximum absolute atomic E-state index is 15.6. The van der Waals surface area contributed by atoms with Gasteiger partial charge in [-0.3, -0.25) is 4.98 Å². The smallest absolute Gasteiger partial charge is 0.175 e. The van der Waals surface area contributed by atoms with Crippen molar-refractivity contribution in [1.29, 1.82) is 5.26 Å². The fourth-order valence-corrected chi connectivity index (χ4v) is 3.75. The molecular formula is C22H19FN4OS. The van der Waals surface area contributed by atoms with E-state index in [4.69, 9.17) is 10.5 Å². The number of nitrogens with two attached hydrogens (primary N) is 1. The zero-order valence-corrected chi connectivity index (χ0v) is 16.7. The minimum absolute atomic E-state index is 0.152. The van der Waals surface area contributed by atoms with Crippen LogP contribution in [0.3, 0.4) is 0 Å².